The van der Waals surface area contributed by atoms with Crippen molar-refractivity contribution < 1.29 is 27.3 Å². The van der Waals surface area contributed by atoms with Crippen LogP contribution < -0.4 is 5.32 Å². The van der Waals surface area contributed by atoms with Crippen LogP contribution >= 0.6 is 0 Å². The molecule has 0 bridgehead atoms. The normalized spacial score (nSPS) is 15.8. The third-order valence-corrected chi connectivity index (χ3v) is 4.35. The van der Waals surface area contributed by atoms with E-state index in [0.717, 1.165) is 0 Å². The highest BCUT2D eigenvalue weighted by atomic mass is 19.4. The lowest BCUT2D eigenvalue weighted by Crippen LogP contribution is -2.38. The molecule has 8 nitrogen and oxygen atoms in total. The van der Waals surface area contributed by atoms with Crippen molar-refractivity contribution in [1.82, 2.24) is 25.6 Å². The smallest absolute Gasteiger partial charge is 0.361 e. The van der Waals surface area contributed by atoms with Gasteiger partial charge in [0.25, 0.3) is 11.8 Å². The monoisotopic (exact) mass is 385 g/mol. The van der Waals surface area contributed by atoms with Crippen molar-refractivity contribution in [2.24, 2.45) is 0 Å². The molecule has 11 heteroatoms. The number of nitrogens with zero attached hydrogens (tertiary/aromatic N) is 3. The van der Waals surface area contributed by atoms with Gasteiger partial charge in [-0.1, -0.05) is 5.16 Å². The number of amides is 2. The molecule has 2 aromatic rings. The fourth-order valence-corrected chi connectivity index (χ4v) is 2.96. The molecule has 3 heterocycles. The molecule has 1 aliphatic rings. The van der Waals surface area contributed by atoms with E-state index in [9.17, 15) is 22.8 Å². The molecule has 0 aromatic carbocycles. The number of hydrogen-bond acceptors (Lipinski definition) is 5. The molecule has 0 saturated carbocycles. The van der Waals surface area contributed by atoms with Crippen LogP contribution in [0, 0.1) is 6.92 Å². The van der Waals surface area contributed by atoms with E-state index in [-0.39, 0.29) is 23.2 Å². The minimum Gasteiger partial charge on any atom is -0.361 e. The van der Waals surface area contributed by atoms with E-state index < -0.39 is 18.6 Å². The predicted octanol–water partition coefficient (Wildman–Crippen LogP) is 2.02. The fourth-order valence-electron chi connectivity index (χ4n) is 2.96. The van der Waals surface area contributed by atoms with E-state index in [1.165, 1.54) is 6.07 Å². The number of likely N-dealkylation sites (tertiary alicyclic amines) is 1. The molecule has 0 atom stereocenters. The zero-order valence-electron chi connectivity index (χ0n) is 14.5. The van der Waals surface area contributed by atoms with Gasteiger partial charge in [0.15, 0.2) is 5.69 Å². The van der Waals surface area contributed by atoms with Crippen LogP contribution in [0.3, 0.4) is 0 Å². The molecule has 1 saturated heterocycles. The number of aryl methyl sites for hydroxylation is 1. The van der Waals surface area contributed by atoms with Crippen molar-refractivity contribution >= 4 is 11.8 Å². The van der Waals surface area contributed by atoms with Gasteiger partial charge in [0.2, 0.25) is 0 Å². The standard InChI is InChI=1S/C16H18F3N5O3/c1-9-6-13(23-27-9)15(26)24-4-2-10(3-5-24)11-7-12(22-21-11)14(25)20-8-16(17,18)19/h6-7,10H,2-5,8H2,1H3,(H,20,25)(H,21,22). The minimum absolute atomic E-state index is 0.0322. The molecule has 1 aliphatic heterocycles. The van der Waals surface area contributed by atoms with Crippen LogP contribution in [0.2, 0.25) is 0 Å². The van der Waals surface area contributed by atoms with Gasteiger partial charge < -0.3 is 14.7 Å². The minimum atomic E-state index is -4.48. The highest BCUT2D eigenvalue weighted by molar-refractivity contribution is 5.92. The number of hydrogen-bond donors (Lipinski definition) is 2. The Hall–Kier alpha value is -2.85. The van der Waals surface area contributed by atoms with E-state index in [1.54, 1.807) is 23.2 Å². The number of carbonyl (C=O) groups is 2. The number of H-pyrrole nitrogens is 1. The molecule has 1 fully saturated rings. The summed E-state index contributed by atoms with van der Waals surface area (Å²) in [5, 5.41) is 12.0. The van der Waals surface area contributed by atoms with Crippen LogP contribution in [-0.4, -0.2) is 57.9 Å². The van der Waals surface area contributed by atoms with Crippen molar-refractivity contribution in [3.05, 3.63) is 35.0 Å². The second-order valence-electron chi connectivity index (χ2n) is 6.40. The molecule has 0 aliphatic carbocycles. The molecule has 0 spiro atoms. The van der Waals surface area contributed by atoms with Crippen LogP contribution in [0.5, 0.6) is 0 Å². The quantitative estimate of drug-likeness (QED) is 0.838. The molecule has 2 amide bonds. The van der Waals surface area contributed by atoms with Gasteiger partial charge in [-0.15, -0.1) is 0 Å². The number of carbonyl (C=O) groups excluding carboxylic acids is 2. The Kier molecular flexibility index (Phi) is 5.19. The van der Waals surface area contributed by atoms with Crippen LogP contribution in [0.15, 0.2) is 16.7 Å². The van der Waals surface area contributed by atoms with Crippen molar-refractivity contribution in [3.63, 3.8) is 0 Å². The third kappa shape index (κ3) is 4.66. The summed E-state index contributed by atoms with van der Waals surface area (Å²) >= 11 is 0. The number of halogens is 3. The fraction of sp³-hybridized carbons (Fsp3) is 0.500. The van der Waals surface area contributed by atoms with Crippen LogP contribution in [-0.2, 0) is 0 Å². The third-order valence-electron chi connectivity index (χ3n) is 4.35. The van der Waals surface area contributed by atoms with Crippen molar-refractivity contribution in [1.29, 1.82) is 0 Å². The average Bonchev–Trinajstić information content (AvgIpc) is 3.28. The summed E-state index contributed by atoms with van der Waals surface area (Å²) in [5.41, 5.74) is 0.832. The average molecular weight is 385 g/mol. The van der Waals surface area contributed by atoms with Gasteiger partial charge >= 0.3 is 6.18 Å². The number of aromatic amines is 1. The Morgan fingerprint density at radius 3 is 2.59 bits per heavy atom. The number of nitrogens with one attached hydrogen (secondary N) is 2. The first kappa shape index (κ1) is 18.9. The molecule has 3 rings (SSSR count). The van der Waals surface area contributed by atoms with Gasteiger partial charge in [0.05, 0.1) is 0 Å². The molecule has 146 valence electrons. The second kappa shape index (κ2) is 7.41. The van der Waals surface area contributed by atoms with Gasteiger partial charge in [-0.3, -0.25) is 14.7 Å². The largest absolute Gasteiger partial charge is 0.405 e. The molecule has 2 aromatic heterocycles. The lowest BCUT2D eigenvalue weighted by atomic mass is 9.93. The first-order chi connectivity index (χ1) is 12.7. The number of rotatable bonds is 4. The number of piperidine rings is 1. The Balaban J connectivity index is 1.55. The van der Waals surface area contributed by atoms with Crippen LogP contribution in [0.25, 0.3) is 0 Å². The van der Waals surface area contributed by atoms with Gasteiger partial charge in [-0.25, -0.2) is 0 Å². The molecular formula is C16H18F3N5O3. The maximum Gasteiger partial charge on any atom is 0.405 e. The van der Waals surface area contributed by atoms with Gasteiger partial charge in [-0.2, -0.15) is 18.3 Å². The van der Waals surface area contributed by atoms with E-state index in [2.05, 4.69) is 15.4 Å². The highest BCUT2D eigenvalue weighted by Gasteiger charge is 2.30. The van der Waals surface area contributed by atoms with E-state index in [0.29, 0.717) is 37.4 Å². The zero-order chi connectivity index (χ0) is 19.6. The maximum absolute atomic E-state index is 12.3. The number of alkyl halides is 3. The second-order valence-corrected chi connectivity index (χ2v) is 6.40. The topological polar surface area (TPSA) is 104 Å². The Morgan fingerprint density at radius 1 is 1.30 bits per heavy atom. The molecule has 0 unspecified atom stereocenters. The SMILES string of the molecule is Cc1cc(C(=O)N2CCC(c3cc(C(=O)NCC(F)(F)F)n[nH]3)CC2)no1. The Morgan fingerprint density at radius 2 is 2.00 bits per heavy atom. The summed E-state index contributed by atoms with van der Waals surface area (Å²) in [7, 11) is 0. The summed E-state index contributed by atoms with van der Waals surface area (Å²) in [6.07, 6.45) is -3.21. The van der Waals surface area contributed by atoms with Crippen LogP contribution in [0.4, 0.5) is 13.2 Å². The Labute approximate surface area is 152 Å². The van der Waals surface area contributed by atoms with Crippen molar-refractivity contribution in [3.8, 4) is 0 Å². The lowest BCUT2D eigenvalue weighted by molar-refractivity contribution is -0.123. The predicted molar refractivity (Wildman–Crippen MR) is 86.1 cm³/mol. The summed E-state index contributed by atoms with van der Waals surface area (Å²) in [4.78, 5) is 25.7. The van der Waals surface area contributed by atoms with Gasteiger partial charge in [-0.05, 0) is 25.8 Å². The molecule has 0 radical (unpaired) electrons. The molecule has 2 N–H and O–H groups in total. The van der Waals surface area contributed by atoms with Gasteiger partial charge in [0, 0.05) is 30.8 Å². The summed E-state index contributed by atoms with van der Waals surface area (Å²) in [6.45, 7) is 1.28. The van der Waals surface area contributed by atoms with Gasteiger partial charge in [0.1, 0.15) is 18.0 Å². The maximum atomic E-state index is 12.3. The summed E-state index contributed by atoms with van der Waals surface area (Å²) in [6, 6.07) is 3.03. The number of aromatic nitrogens is 3. The first-order valence-corrected chi connectivity index (χ1v) is 8.36. The lowest BCUT2D eigenvalue weighted by Gasteiger charge is -2.30. The Bertz CT molecular complexity index is 821. The first-order valence-electron chi connectivity index (χ1n) is 8.36. The molecule has 27 heavy (non-hydrogen) atoms. The van der Waals surface area contributed by atoms with Crippen molar-refractivity contribution in [2.75, 3.05) is 19.6 Å². The zero-order valence-corrected chi connectivity index (χ0v) is 14.5. The summed E-state index contributed by atoms with van der Waals surface area (Å²) in [5.74, 6) is -0.502. The molecular weight excluding hydrogens is 367 g/mol. The van der Waals surface area contributed by atoms with E-state index >= 15 is 0 Å². The van der Waals surface area contributed by atoms with Crippen LogP contribution in [0.1, 0.15) is 51.2 Å². The summed E-state index contributed by atoms with van der Waals surface area (Å²) < 4.78 is 41.4. The van der Waals surface area contributed by atoms with Crippen molar-refractivity contribution in [2.45, 2.75) is 31.9 Å². The highest BCUT2D eigenvalue weighted by Crippen LogP contribution is 2.27. The van der Waals surface area contributed by atoms with E-state index in [1.807, 2.05) is 0 Å². The van der Waals surface area contributed by atoms with E-state index in [4.69, 9.17) is 4.52 Å².